The van der Waals surface area contributed by atoms with E-state index in [2.05, 4.69) is 31.3 Å². The summed E-state index contributed by atoms with van der Waals surface area (Å²) in [5.41, 5.74) is 7.71. The third-order valence-electron chi connectivity index (χ3n) is 5.92. The Morgan fingerprint density at radius 2 is 1.83 bits per heavy atom. The van der Waals surface area contributed by atoms with Crippen molar-refractivity contribution in [3.8, 4) is 17.0 Å². The van der Waals surface area contributed by atoms with Crippen molar-refractivity contribution in [2.75, 3.05) is 18.2 Å². The standard InChI is InChI=1S/C26H25Cl2N5O2/c1-15-23(16-11-17(27)13-18(28)12-16)33-24(30-15)22(26(2,3)4)19(14-29-33)25(34)31-32-9-10-35-21-8-6-5-7-20(21)32/h5-8,11-14H,9-10H2,1-4H3,(H,31,34). The topological polar surface area (TPSA) is 71.8 Å². The van der Waals surface area contributed by atoms with E-state index < -0.39 is 0 Å². The van der Waals surface area contributed by atoms with Crippen LogP contribution in [-0.2, 0) is 5.41 Å². The fourth-order valence-corrected chi connectivity index (χ4v) is 5.02. The van der Waals surface area contributed by atoms with Gasteiger partial charge in [-0.15, -0.1) is 0 Å². The first kappa shape index (κ1) is 23.5. The molecule has 0 unspecified atom stereocenters. The number of anilines is 1. The minimum atomic E-state index is -0.388. The fraction of sp³-hybridized carbons (Fsp3) is 0.269. The van der Waals surface area contributed by atoms with Gasteiger partial charge in [-0.1, -0.05) is 56.1 Å². The van der Waals surface area contributed by atoms with Crippen molar-refractivity contribution in [1.82, 2.24) is 20.0 Å². The Kier molecular flexibility index (Phi) is 5.85. The van der Waals surface area contributed by atoms with Crippen LogP contribution >= 0.6 is 23.2 Å². The highest BCUT2D eigenvalue weighted by molar-refractivity contribution is 6.35. The van der Waals surface area contributed by atoms with E-state index in [4.69, 9.17) is 32.9 Å². The molecular weight excluding hydrogens is 485 g/mol. The lowest BCUT2D eigenvalue weighted by atomic mass is 9.84. The van der Waals surface area contributed by atoms with E-state index in [1.807, 2.05) is 48.3 Å². The van der Waals surface area contributed by atoms with Gasteiger partial charge in [-0.25, -0.2) is 9.50 Å². The molecule has 0 fully saturated rings. The molecule has 0 spiro atoms. The van der Waals surface area contributed by atoms with Crippen molar-refractivity contribution in [1.29, 1.82) is 0 Å². The van der Waals surface area contributed by atoms with Crippen LogP contribution in [0.25, 0.3) is 16.9 Å². The second kappa shape index (κ2) is 8.73. The number of carbonyl (C=O) groups excluding carboxylic acids is 1. The maximum atomic E-state index is 13.6. The number of amides is 1. The van der Waals surface area contributed by atoms with Crippen molar-refractivity contribution < 1.29 is 9.53 Å². The molecule has 0 saturated heterocycles. The molecule has 2 aromatic heterocycles. The lowest BCUT2D eigenvalue weighted by Crippen LogP contribution is -2.47. The first-order valence-corrected chi connectivity index (χ1v) is 12.0. The number of halogens is 2. The highest BCUT2D eigenvalue weighted by Crippen LogP contribution is 2.35. The highest BCUT2D eigenvalue weighted by Gasteiger charge is 2.30. The molecule has 1 amide bonds. The number of carbonyl (C=O) groups is 1. The maximum absolute atomic E-state index is 13.6. The Labute approximate surface area is 213 Å². The van der Waals surface area contributed by atoms with E-state index in [0.717, 1.165) is 34.0 Å². The smallest absolute Gasteiger partial charge is 0.271 e. The van der Waals surface area contributed by atoms with Gasteiger partial charge in [-0.05, 0) is 42.7 Å². The van der Waals surface area contributed by atoms with Gasteiger partial charge in [-0.2, -0.15) is 5.10 Å². The predicted octanol–water partition coefficient (Wildman–Crippen LogP) is 5.85. The van der Waals surface area contributed by atoms with Gasteiger partial charge in [0.2, 0.25) is 0 Å². The second-order valence-electron chi connectivity index (χ2n) is 9.53. The van der Waals surface area contributed by atoms with Crippen LogP contribution < -0.4 is 15.2 Å². The number of aromatic nitrogens is 3. The summed E-state index contributed by atoms with van der Waals surface area (Å²) >= 11 is 12.5. The zero-order valence-electron chi connectivity index (χ0n) is 19.9. The van der Waals surface area contributed by atoms with Gasteiger partial charge in [0.15, 0.2) is 5.65 Å². The van der Waals surface area contributed by atoms with E-state index in [0.29, 0.717) is 34.4 Å². The van der Waals surface area contributed by atoms with Gasteiger partial charge in [-0.3, -0.25) is 15.2 Å². The summed E-state index contributed by atoms with van der Waals surface area (Å²) in [7, 11) is 0. The SMILES string of the molecule is Cc1nc2c(C(C)(C)C)c(C(=O)NN3CCOc4ccccc43)cnn2c1-c1cc(Cl)cc(Cl)c1. The Morgan fingerprint density at radius 3 is 2.54 bits per heavy atom. The first-order valence-electron chi connectivity index (χ1n) is 11.3. The molecule has 35 heavy (non-hydrogen) atoms. The summed E-state index contributed by atoms with van der Waals surface area (Å²) in [6.07, 6.45) is 1.60. The number of hydrogen-bond acceptors (Lipinski definition) is 5. The molecule has 2 aromatic carbocycles. The molecule has 9 heteroatoms. The summed E-state index contributed by atoms with van der Waals surface area (Å²) in [5, 5.41) is 7.50. The molecule has 7 nitrogen and oxygen atoms in total. The van der Waals surface area contributed by atoms with Crippen molar-refractivity contribution in [2.24, 2.45) is 0 Å². The number of ether oxygens (including phenoxy) is 1. The Morgan fingerprint density at radius 1 is 1.11 bits per heavy atom. The zero-order chi connectivity index (χ0) is 24.9. The third-order valence-corrected chi connectivity index (χ3v) is 6.36. The highest BCUT2D eigenvalue weighted by atomic mass is 35.5. The van der Waals surface area contributed by atoms with Gasteiger partial charge in [0.1, 0.15) is 12.4 Å². The van der Waals surface area contributed by atoms with E-state index in [9.17, 15) is 4.79 Å². The Balaban J connectivity index is 1.61. The molecule has 5 rings (SSSR count). The van der Waals surface area contributed by atoms with E-state index >= 15 is 0 Å². The molecule has 1 aliphatic heterocycles. The van der Waals surface area contributed by atoms with Crippen LogP contribution in [0.2, 0.25) is 10.0 Å². The normalized spacial score (nSPS) is 13.5. The van der Waals surface area contributed by atoms with Crippen molar-refractivity contribution >= 4 is 40.4 Å². The predicted molar refractivity (Wildman–Crippen MR) is 139 cm³/mol. The van der Waals surface area contributed by atoms with Gasteiger partial charge in [0.25, 0.3) is 5.91 Å². The number of benzene rings is 2. The monoisotopic (exact) mass is 509 g/mol. The van der Waals surface area contributed by atoms with E-state index in [1.165, 1.54) is 0 Å². The number of para-hydroxylation sites is 2. The Bertz CT molecular complexity index is 1440. The molecule has 0 radical (unpaired) electrons. The lowest BCUT2D eigenvalue weighted by Gasteiger charge is -2.32. The van der Waals surface area contributed by atoms with Crippen LogP contribution in [0.4, 0.5) is 5.69 Å². The minimum absolute atomic E-state index is 0.255. The maximum Gasteiger partial charge on any atom is 0.271 e. The number of hydrogen-bond donors (Lipinski definition) is 1. The molecule has 1 N–H and O–H groups in total. The van der Waals surface area contributed by atoms with E-state index in [1.54, 1.807) is 16.8 Å². The summed E-state index contributed by atoms with van der Waals surface area (Å²) in [6.45, 7) is 9.10. The van der Waals surface area contributed by atoms with Crippen LogP contribution in [-0.4, -0.2) is 33.7 Å². The zero-order valence-corrected chi connectivity index (χ0v) is 21.4. The van der Waals surface area contributed by atoms with Crippen LogP contribution in [0, 0.1) is 6.92 Å². The van der Waals surface area contributed by atoms with Crippen molar-refractivity contribution in [3.63, 3.8) is 0 Å². The van der Waals surface area contributed by atoms with Crippen molar-refractivity contribution in [3.05, 3.63) is 75.5 Å². The molecule has 1 aliphatic rings. The summed E-state index contributed by atoms with van der Waals surface area (Å²) in [6, 6.07) is 13.0. The largest absolute Gasteiger partial charge is 0.489 e. The van der Waals surface area contributed by atoms with Crippen LogP contribution in [0.1, 0.15) is 42.4 Å². The number of fused-ring (bicyclic) bond motifs is 2. The molecule has 0 saturated carbocycles. The van der Waals surface area contributed by atoms with Gasteiger partial charge >= 0.3 is 0 Å². The lowest BCUT2D eigenvalue weighted by molar-refractivity contribution is 0.0942. The summed E-state index contributed by atoms with van der Waals surface area (Å²) < 4.78 is 7.48. The number of aryl methyl sites for hydroxylation is 1. The molecule has 0 bridgehead atoms. The number of nitrogens with zero attached hydrogens (tertiary/aromatic N) is 4. The second-order valence-corrected chi connectivity index (χ2v) is 10.4. The molecule has 3 heterocycles. The summed E-state index contributed by atoms with van der Waals surface area (Å²) in [4.78, 5) is 18.4. The fourth-order valence-electron chi connectivity index (χ4n) is 4.49. The van der Waals surface area contributed by atoms with E-state index in [-0.39, 0.29) is 11.3 Å². The molecule has 0 aliphatic carbocycles. The van der Waals surface area contributed by atoms with Crippen LogP contribution in [0.15, 0.2) is 48.7 Å². The third kappa shape index (κ3) is 4.30. The number of rotatable bonds is 3. The average molecular weight is 510 g/mol. The van der Waals surface area contributed by atoms with Crippen LogP contribution in [0.5, 0.6) is 5.75 Å². The molecule has 180 valence electrons. The van der Waals surface area contributed by atoms with Crippen LogP contribution in [0.3, 0.4) is 0 Å². The molecule has 0 atom stereocenters. The summed E-state index contributed by atoms with van der Waals surface area (Å²) in [5.74, 6) is 0.479. The molecule has 4 aromatic rings. The van der Waals surface area contributed by atoms with Gasteiger partial charge in [0.05, 0.1) is 35.4 Å². The minimum Gasteiger partial charge on any atom is -0.489 e. The quantitative estimate of drug-likeness (QED) is 0.374. The number of hydrazine groups is 1. The first-order chi connectivity index (χ1) is 16.6. The van der Waals surface area contributed by atoms with Crippen molar-refractivity contribution in [2.45, 2.75) is 33.1 Å². The number of nitrogens with one attached hydrogen (secondary N) is 1. The number of imidazole rings is 1. The van der Waals surface area contributed by atoms with Gasteiger partial charge < -0.3 is 4.74 Å². The molecular formula is C26H25Cl2N5O2. The van der Waals surface area contributed by atoms with Gasteiger partial charge in [0, 0.05) is 21.2 Å². The Hall–Kier alpha value is -3.29. The average Bonchev–Trinajstić information content (AvgIpc) is 3.12.